The SMILES string of the molecule is O=C1N2C[C@H](N1OS(=O)(=O)ON1C(=O)N3C[C@H]1C1(CC1)C[C@H]3c1cc(COC3CNC3)on1)C1(CC1)C[C@H]2c1cc(COC2CNC2)on1. The molecule has 49 heavy (non-hydrogen) atoms. The lowest BCUT2D eigenvalue weighted by Crippen LogP contribution is -2.48. The number of piperidine rings is 2. The summed E-state index contributed by atoms with van der Waals surface area (Å²) in [6.45, 7) is 4.29. The van der Waals surface area contributed by atoms with Crippen molar-refractivity contribution in [1.82, 2.24) is 40.9 Å². The van der Waals surface area contributed by atoms with Crippen molar-refractivity contribution in [2.45, 2.75) is 88.1 Å². The molecule has 4 amide bonds. The summed E-state index contributed by atoms with van der Waals surface area (Å²) in [6, 6.07) is 0.639. The molecule has 6 aliphatic heterocycles. The van der Waals surface area contributed by atoms with Gasteiger partial charge in [-0.05, 0) is 49.4 Å². The number of aromatic nitrogens is 2. The molecule has 0 unspecified atom stereocenters. The molecule has 4 bridgehead atoms. The highest BCUT2D eigenvalue weighted by Gasteiger charge is 2.66. The first-order valence-electron chi connectivity index (χ1n) is 17.1. The summed E-state index contributed by atoms with van der Waals surface area (Å²) < 4.78 is 60.6. The molecule has 2 saturated carbocycles. The van der Waals surface area contributed by atoms with E-state index in [1.165, 1.54) is 0 Å². The first kappa shape index (κ1) is 30.5. The number of nitrogens with zero attached hydrogens (tertiary/aromatic N) is 6. The molecule has 0 aromatic carbocycles. The molecule has 2 aromatic rings. The van der Waals surface area contributed by atoms with Gasteiger partial charge in [0.1, 0.15) is 24.6 Å². The number of carbonyl (C=O) groups is 2. The molecular weight excluding hydrogens is 664 g/mol. The van der Waals surface area contributed by atoms with E-state index in [1.807, 2.05) is 0 Å². The van der Waals surface area contributed by atoms with Crippen LogP contribution in [0.25, 0.3) is 0 Å². The Morgan fingerprint density at radius 2 is 1.16 bits per heavy atom. The van der Waals surface area contributed by atoms with Crippen LogP contribution in [-0.2, 0) is 41.7 Å². The number of nitrogens with one attached hydrogen (secondary N) is 2. The molecule has 2 spiro atoms. The van der Waals surface area contributed by atoms with Crippen molar-refractivity contribution < 1.29 is 45.1 Å². The second-order valence-corrected chi connectivity index (χ2v) is 16.0. The van der Waals surface area contributed by atoms with Crippen molar-refractivity contribution in [1.29, 1.82) is 0 Å². The number of ether oxygens (including phenoxy) is 2. The van der Waals surface area contributed by atoms with E-state index in [-0.39, 0.29) is 49.3 Å². The van der Waals surface area contributed by atoms with Crippen LogP contribution in [0.1, 0.15) is 73.5 Å². The van der Waals surface area contributed by atoms with E-state index in [2.05, 4.69) is 20.9 Å². The molecule has 4 atom stereocenters. The minimum atomic E-state index is -4.87. The lowest BCUT2D eigenvalue weighted by molar-refractivity contribution is -0.101. The third-order valence-electron chi connectivity index (χ3n) is 11.9. The highest BCUT2D eigenvalue weighted by atomic mass is 32.3. The van der Waals surface area contributed by atoms with E-state index in [1.54, 1.807) is 21.9 Å². The number of hydroxylamine groups is 4. The third kappa shape index (κ3) is 5.07. The molecular formula is C30H38N8O10S. The fourth-order valence-electron chi connectivity index (χ4n) is 8.44. The minimum absolute atomic E-state index is 0.138. The van der Waals surface area contributed by atoms with E-state index in [0.29, 0.717) is 35.7 Å². The third-order valence-corrected chi connectivity index (χ3v) is 12.6. The van der Waals surface area contributed by atoms with Gasteiger partial charge in [0, 0.05) is 51.4 Å². The minimum Gasteiger partial charge on any atom is -0.368 e. The number of fused-ring (bicyclic) bond motifs is 6. The van der Waals surface area contributed by atoms with Gasteiger partial charge in [-0.25, -0.2) is 9.59 Å². The predicted octanol–water partition coefficient (Wildman–Crippen LogP) is 1.11. The number of urea groups is 2. The van der Waals surface area contributed by atoms with Crippen molar-refractivity contribution >= 4 is 22.5 Å². The van der Waals surface area contributed by atoms with Gasteiger partial charge < -0.3 is 39.0 Å². The normalized spacial score (nSPS) is 31.3. The molecule has 264 valence electrons. The Bertz CT molecular complexity index is 1650. The zero-order chi connectivity index (χ0) is 33.1. The van der Waals surface area contributed by atoms with Crippen molar-refractivity contribution in [2.75, 3.05) is 39.3 Å². The molecule has 18 nitrogen and oxygen atoms in total. The maximum atomic E-state index is 13.7. The summed E-state index contributed by atoms with van der Waals surface area (Å²) in [7, 11) is -4.87. The summed E-state index contributed by atoms with van der Waals surface area (Å²) >= 11 is 0. The second kappa shape index (κ2) is 10.8. The largest absolute Gasteiger partial charge is 0.442 e. The van der Waals surface area contributed by atoms with Crippen LogP contribution in [0.5, 0.6) is 0 Å². The van der Waals surface area contributed by atoms with Crippen LogP contribution >= 0.6 is 0 Å². The van der Waals surface area contributed by atoms with Crippen LogP contribution in [0.2, 0.25) is 0 Å². The monoisotopic (exact) mass is 702 g/mol. The molecule has 0 radical (unpaired) electrons. The smallest absolute Gasteiger partial charge is 0.368 e. The first-order chi connectivity index (χ1) is 23.7. The zero-order valence-electron chi connectivity index (χ0n) is 26.7. The quantitative estimate of drug-likeness (QED) is 0.319. The van der Waals surface area contributed by atoms with Gasteiger partial charge in [-0.15, -0.1) is 8.57 Å². The van der Waals surface area contributed by atoms with Gasteiger partial charge in [0.05, 0.1) is 36.4 Å². The van der Waals surface area contributed by atoms with Gasteiger partial charge in [-0.1, -0.05) is 10.3 Å². The Balaban J connectivity index is 0.827. The summed E-state index contributed by atoms with van der Waals surface area (Å²) in [5, 5.41) is 16.7. The standard InChI is InChI=1S/C30H38N8O10S/c39-27-35-13-25(29(1-2-29)7-23(35)21-5-17(45-33-21)15-43-19-9-31-10-19)37(27)47-49(41,42)48-38-26-14-36(28(38)40)24(8-30(26)3-4-30)22-6-18(46-34-22)16-44-20-11-32-12-20/h5-6,19-20,23-26,31-32H,1-4,7-16H2/t23-,24-,25-,26-/m0/s1. The van der Waals surface area contributed by atoms with Gasteiger partial charge in [-0.2, -0.15) is 18.5 Å². The molecule has 10 rings (SSSR count). The molecule has 2 N–H and O–H groups in total. The van der Waals surface area contributed by atoms with Crippen LogP contribution in [0.15, 0.2) is 21.2 Å². The summed E-state index contributed by atoms with van der Waals surface area (Å²) in [4.78, 5) is 30.6. The first-order valence-corrected chi connectivity index (χ1v) is 18.4. The van der Waals surface area contributed by atoms with Crippen LogP contribution in [-0.4, -0.2) is 114 Å². The number of carbonyl (C=O) groups excluding carboxylic acids is 2. The average Bonchev–Trinajstić information content (AvgIpc) is 3.75. The Hall–Kier alpha value is -3.33. The predicted molar refractivity (Wildman–Crippen MR) is 160 cm³/mol. The number of hydrogen-bond acceptors (Lipinski definition) is 14. The van der Waals surface area contributed by atoms with Gasteiger partial charge in [0.2, 0.25) is 0 Å². The molecule has 2 aromatic heterocycles. The number of hydrogen-bond donors (Lipinski definition) is 2. The molecule has 8 aliphatic rings. The van der Waals surface area contributed by atoms with Gasteiger partial charge in [0.25, 0.3) is 0 Å². The average molecular weight is 703 g/mol. The lowest BCUT2D eigenvalue weighted by Gasteiger charge is -2.36. The van der Waals surface area contributed by atoms with E-state index < -0.39 is 46.6 Å². The van der Waals surface area contributed by atoms with Crippen LogP contribution in [0.3, 0.4) is 0 Å². The highest BCUT2D eigenvalue weighted by molar-refractivity contribution is 7.81. The Kier molecular flexibility index (Phi) is 6.74. The van der Waals surface area contributed by atoms with Gasteiger partial charge in [0.15, 0.2) is 11.5 Å². The molecule has 6 saturated heterocycles. The molecule has 2 aliphatic carbocycles. The van der Waals surface area contributed by atoms with E-state index in [0.717, 1.165) is 62.0 Å². The van der Waals surface area contributed by atoms with Crippen molar-refractivity contribution in [3.05, 3.63) is 35.0 Å². The fraction of sp³-hybridized carbons (Fsp3) is 0.733. The lowest BCUT2D eigenvalue weighted by atomic mass is 9.84. The highest BCUT2D eigenvalue weighted by Crippen LogP contribution is 2.63. The van der Waals surface area contributed by atoms with E-state index in [9.17, 15) is 18.0 Å². The Morgan fingerprint density at radius 3 is 1.53 bits per heavy atom. The maximum absolute atomic E-state index is 13.7. The summed E-state index contributed by atoms with van der Waals surface area (Å²) in [5.74, 6) is 1.13. The maximum Gasteiger partial charge on any atom is 0.442 e. The van der Waals surface area contributed by atoms with Crippen molar-refractivity contribution in [2.24, 2.45) is 10.8 Å². The summed E-state index contributed by atoms with van der Waals surface area (Å²) in [5.41, 5.74) is 0.562. The van der Waals surface area contributed by atoms with Crippen LogP contribution in [0, 0.1) is 10.8 Å². The number of amides is 4. The second-order valence-electron chi connectivity index (χ2n) is 14.9. The molecule has 19 heteroatoms. The molecule has 8 heterocycles. The van der Waals surface area contributed by atoms with Gasteiger partial charge >= 0.3 is 22.5 Å². The Morgan fingerprint density at radius 1 is 0.735 bits per heavy atom. The molecule has 8 fully saturated rings. The summed E-state index contributed by atoms with van der Waals surface area (Å²) in [6.07, 6.45) is 4.74. The van der Waals surface area contributed by atoms with Crippen LogP contribution in [0.4, 0.5) is 9.59 Å². The topological polar surface area (TPSA) is 194 Å². The van der Waals surface area contributed by atoms with Crippen molar-refractivity contribution in [3.63, 3.8) is 0 Å². The zero-order valence-corrected chi connectivity index (χ0v) is 27.5. The van der Waals surface area contributed by atoms with Crippen molar-refractivity contribution in [3.8, 4) is 0 Å². The van der Waals surface area contributed by atoms with Gasteiger partial charge in [-0.3, -0.25) is 0 Å². The van der Waals surface area contributed by atoms with Crippen LogP contribution < -0.4 is 10.6 Å². The van der Waals surface area contributed by atoms with E-state index >= 15 is 0 Å². The fourth-order valence-corrected chi connectivity index (χ4v) is 9.19. The van der Waals surface area contributed by atoms with E-state index in [4.69, 9.17) is 27.1 Å². The Labute approximate surface area is 281 Å². The number of rotatable bonds is 12.